The summed E-state index contributed by atoms with van der Waals surface area (Å²) in [6, 6.07) is 4.02. The molecule has 0 spiro atoms. The summed E-state index contributed by atoms with van der Waals surface area (Å²) in [5.41, 5.74) is 1.56. The third kappa shape index (κ3) is 5.82. The Morgan fingerprint density at radius 2 is 1.62 bits per heavy atom. The van der Waals surface area contributed by atoms with E-state index in [-0.39, 0.29) is 0 Å². The molecule has 0 saturated carbocycles. The minimum Gasteiger partial charge on any atom is -0.493 e. The third-order valence-electron chi connectivity index (χ3n) is 3.41. The minimum absolute atomic E-state index is 0.295. The first-order valence-corrected chi connectivity index (χ1v) is 8.94. The topological polar surface area (TPSA) is 18.5 Å². The first-order valence-electron chi connectivity index (χ1n) is 7.23. The molecule has 0 amide bonds. The average molecular weight is 422 g/mol. The van der Waals surface area contributed by atoms with Crippen LogP contribution < -0.4 is 9.47 Å². The van der Waals surface area contributed by atoms with Gasteiger partial charge in [0.1, 0.15) is 0 Å². The maximum atomic E-state index is 5.40. The summed E-state index contributed by atoms with van der Waals surface area (Å²) in [4.78, 5) is 0.295. The Labute approximate surface area is 145 Å². The predicted molar refractivity (Wildman–Crippen MR) is 96.8 cm³/mol. The average Bonchev–Trinajstić information content (AvgIpc) is 2.35. The molecule has 2 unspecified atom stereocenters. The smallest absolute Gasteiger partial charge is 0.161 e. The molecule has 0 aliphatic carbocycles. The molecule has 1 aromatic rings. The van der Waals surface area contributed by atoms with E-state index in [4.69, 9.17) is 9.47 Å². The molecular weight excluding hydrogens is 396 g/mol. The Kier molecular flexibility index (Phi) is 7.05. The van der Waals surface area contributed by atoms with Crippen LogP contribution in [0.3, 0.4) is 0 Å². The number of benzene rings is 1. The van der Waals surface area contributed by atoms with Gasteiger partial charge in [-0.15, -0.1) is 0 Å². The van der Waals surface area contributed by atoms with E-state index in [1.54, 1.807) is 14.2 Å². The Hall–Kier alpha value is -0.220. The number of halogens is 2. The van der Waals surface area contributed by atoms with Crippen LogP contribution in [-0.4, -0.2) is 14.2 Å². The monoisotopic (exact) mass is 420 g/mol. The van der Waals surface area contributed by atoms with Crippen molar-refractivity contribution in [2.24, 2.45) is 11.3 Å². The molecule has 0 heterocycles. The number of hydrogen-bond donors (Lipinski definition) is 0. The molecule has 1 aromatic carbocycles. The van der Waals surface area contributed by atoms with E-state index in [1.165, 1.54) is 12.0 Å². The van der Waals surface area contributed by atoms with E-state index in [1.807, 2.05) is 12.1 Å². The minimum atomic E-state index is 0.295. The zero-order valence-electron chi connectivity index (χ0n) is 13.8. The van der Waals surface area contributed by atoms with E-state index in [0.717, 1.165) is 22.4 Å². The van der Waals surface area contributed by atoms with Crippen LogP contribution in [0, 0.1) is 11.3 Å². The highest BCUT2D eigenvalue weighted by Crippen LogP contribution is 2.42. The Morgan fingerprint density at radius 3 is 2.10 bits per heavy atom. The molecule has 0 fully saturated rings. The molecule has 0 N–H and O–H groups in total. The van der Waals surface area contributed by atoms with Crippen molar-refractivity contribution in [2.75, 3.05) is 14.2 Å². The molecule has 0 aliphatic rings. The van der Waals surface area contributed by atoms with Gasteiger partial charge < -0.3 is 9.47 Å². The molecule has 1 rings (SSSR count). The highest BCUT2D eigenvalue weighted by Gasteiger charge is 2.21. The first kappa shape index (κ1) is 18.8. The van der Waals surface area contributed by atoms with Gasteiger partial charge in [0, 0.05) is 9.30 Å². The van der Waals surface area contributed by atoms with E-state index < -0.39 is 0 Å². The van der Waals surface area contributed by atoms with Gasteiger partial charge in [0.2, 0.25) is 0 Å². The van der Waals surface area contributed by atoms with Crippen molar-refractivity contribution in [2.45, 2.75) is 45.4 Å². The van der Waals surface area contributed by atoms with Crippen LogP contribution in [-0.2, 0) is 0 Å². The van der Waals surface area contributed by atoms with Crippen LogP contribution >= 0.6 is 31.9 Å². The number of alkyl halides is 1. The second-order valence-corrected chi connectivity index (χ2v) is 8.76. The van der Waals surface area contributed by atoms with Crippen molar-refractivity contribution in [3.8, 4) is 11.5 Å². The van der Waals surface area contributed by atoms with Gasteiger partial charge in [-0.25, -0.2) is 0 Å². The van der Waals surface area contributed by atoms with Gasteiger partial charge in [0.15, 0.2) is 11.5 Å². The van der Waals surface area contributed by atoms with Gasteiger partial charge in [-0.05, 0) is 41.9 Å². The molecule has 0 saturated heterocycles. The zero-order chi connectivity index (χ0) is 16.2. The van der Waals surface area contributed by atoms with Crippen LogP contribution in [0.4, 0.5) is 0 Å². The van der Waals surface area contributed by atoms with Gasteiger partial charge in [0.05, 0.1) is 14.2 Å². The van der Waals surface area contributed by atoms with Crippen molar-refractivity contribution >= 4 is 31.9 Å². The van der Waals surface area contributed by atoms with E-state index in [9.17, 15) is 0 Å². The van der Waals surface area contributed by atoms with Gasteiger partial charge in [-0.2, -0.15) is 0 Å². The Bertz CT molecular complexity index is 467. The fourth-order valence-corrected chi connectivity index (χ4v) is 4.64. The lowest BCUT2D eigenvalue weighted by Gasteiger charge is -2.25. The summed E-state index contributed by atoms with van der Waals surface area (Å²) in [6.07, 6.45) is 2.30. The third-order valence-corrected chi connectivity index (χ3v) is 4.96. The van der Waals surface area contributed by atoms with Crippen LogP contribution in [0.5, 0.6) is 11.5 Å². The zero-order valence-corrected chi connectivity index (χ0v) is 17.0. The van der Waals surface area contributed by atoms with E-state index in [2.05, 4.69) is 59.6 Å². The van der Waals surface area contributed by atoms with Crippen molar-refractivity contribution in [1.82, 2.24) is 0 Å². The molecule has 0 aromatic heterocycles. The summed E-state index contributed by atoms with van der Waals surface area (Å²) in [5.74, 6) is 2.16. The fourth-order valence-electron chi connectivity index (χ4n) is 2.72. The number of ether oxygens (including phenoxy) is 2. The number of hydrogen-bond acceptors (Lipinski definition) is 2. The molecule has 120 valence electrons. The van der Waals surface area contributed by atoms with E-state index >= 15 is 0 Å². The number of rotatable bonds is 6. The SMILES string of the molecule is COc1cc(Br)c(C(Br)CC(C)CC(C)(C)C)cc1OC. The Balaban J connectivity index is 2.89. The van der Waals surface area contributed by atoms with Crippen LogP contribution in [0.25, 0.3) is 0 Å². The summed E-state index contributed by atoms with van der Waals surface area (Å²) >= 11 is 7.47. The van der Waals surface area contributed by atoms with Gasteiger partial charge in [-0.3, -0.25) is 0 Å². The molecule has 0 aliphatic heterocycles. The molecule has 4 heteroatoms. The lowest BCUT2D eigenvalue weighted by Crippen LogP contribution is -2.12. The maximum Gasteiger partial charge on any atom is 0.161 e. The van der Waals surface area contributed by atoms with Gasteiger partial charge in [-0.1, -0.05) is 59.6 Å². The quantitative estimate of drug-likeness (QED) is 0.497. The summed E-state index contributed by atoms with van der Waals surface area (Å²) < 4.78 is 11.8. The van der Waals surface area contributed by atoms with E-state index in [0.29, 0.717) is 16.2 Å². The Morgan fingerprint density at radius 1 is 1.10 bits per heavy atom. The molecule has 21 heavy (non-hydrogen) atoms. The molecule has 0 radical (unpaired) electrons. The summed E-state index contributed by atoms with van der Waals surface area (Å²) in [6.45, 7) is 9.19. The lowest BCUT2D eigenvalue weighted by atomic mass is 9.83. The van der Waals surface area contributed by atoms with Gasteiger partial charge in [0.25, 0.3) is 0 Å². The molecule has 2 atom stereocenters. The van der Waals surface area contributed by atoms with Crippen LogP contribution in [0.2, 0.25) is 0 Å². The van der Waals surface area contributed by atoms with Crippen molar-refractivity contribution in [1.29, 1.82) is 0 Å². The number of methoxy groups -OCH3 is 2. The second kappa shape index (κ2) is 7.87. The van der Waals surface area contributed by atoms with Crippen LogP contribution in [0.15, 0.2) is 16.6 Å². The standard InChI is InChI=1S/C17H26Br2O2/c1-11(10-17(2,3)4)7-13(18)12-8-15(20-5)16(21-6)9-14(12)19/h8-9,11,13H,7,10H2,1-6H3. The predicted octanol–water partition coefficient (Wildman–Crippen LogP) is 6.36. The second-order valence-electron chi connectivity index (χ2n) is 6.80. The van der Waals surface area contributed by atoms with Crippen molar-refractivity contribution < 1.29 is 9.47 Å². The van der Waals surface area contributed by atoms with Crippen LogP contribution in [0.1, 0.15) is 50.9 Å². The summed E-state index contributed by atoms with van der Waals surface area (Å²) in [7, 11) is 3.32. The highest BCUT2D eigenvalue weighted by molar-refractivity contribution is 9.11. The highest BCUT2D eigenvalue weighted by atomic mass is 79.9. The molecule has 2 nitrogen and oxygen atoms in total. The fraction of sp³-hybridized carbons (Fsp3) is 0.647. The first-order chi connectivity index (χ1) is 9.67. The molecule has 0 bridgehead atoms. The van der Waals surface area contributed by atoms with Crippen molar-refractivity contribution in [3.05, 3.63) is 22.2 Å². The maximum absolute atomic E-state index is 5.40. The van der Waals surface area contributed by atoms with Gasteiger partial charge >= 0.3 is 0 Å². The molecular formula is C17H26Br2O2. The summed E-state index contributed by atoms with van der Waals surface area (Å²) in [5, 5.41) is 0. The largest absolute Gasteiger partial charge is 0.493 e. The van der Waals surface area contributed by atoms with Crippen molar-refractivity contribution in [3.63, 3.8) is 0 Å². The lowest BCUT2D eigenvalue weighted by molar-refractivity contribution is 0.296. The normalized spacial score (nSPS) is 14.7.